The first-order chi connectivity index (χ1) is 21.5. The van der Waals surface area contributed by atoms with Crippen LogP contribution in [0.1, 0.15) is 30.5 Å². The van der Waals surface area contributed by atoms with E-state index in [1.54, 1.807) is 66.7 Å². The van der Waals surface area contributed by atoms with Crippen molar-refractivity contribution >= 4 is 50.9 Å². The minimum atomic E-state index is -4.18. The van der Waals surface area contributed by atoms with E-state index in [0.29, 0.717) is 16.3 Å². The number of hydrogen-bond donors (Lipinski definition) is 1. The van der Waals surface area contributed by atoms with E-state index < -0.39 is 28.5 Å². The Labute approximate surface area is 275 Å². The van der Waals surface area contributed by atoms with Crippen LogP contribution in [-0.4, -0.2) is 50.0 Å². The largest absolute Gasteiger partial charge is 0.352 e. The van der Waals surface area contributed by atoms with Gasteiger partial charge in [-0.05, 0) is 80.6 Å². The van der Waals surface area contributed by atoms with Crippen molar-refractivity contribution in [3.05, 3.63) is 125 Å². The average Bonchev–Trinajstić information content (AvgIpc) is 3.03. The molecule has 0 bridgehead atoms. The molecule has 4 aromatic carbocycles. The molecule has 0 radical (unpaired) electrons. The fraction of sp³-hybridized carbons (Fsp3) is 0.257. The highest BCUT2D eigenvalue weighted by molar-refractivity contribution is 7.98. The third-order valence-electron chi connectivity index (χ3n) is 7.25. The zero-order valence-electron chi connectivity index (χ0n) is 25.8. The Bertz CT molecular complexity index is 1700. The smallest absolute Gasteiger partial charge is 0.264 e. The zero-order chi connectivity index (χ0) is 32.6. The van der Waals surface area contributed by atoms with Gasteiger partial charge < -0.3 is 10.2 Å². The molecule has 0 aliphatic heterocycles. The lowest BCUT2D eigenvalue weighted by Gasteiger charge is -2.34. The maximum atomic E-state index is 14.5. The van der Waals surface area contributed by atoms with E-state index in [0.717, 1.165) is 20.3 Å². The number of carbonyl (C=O) groups is 2. The number of carbonyl (C=O) groups excluding carboxylic acids is 2. The first-order valence-corrected chi connectivity index (χ1v) is 17.6. The number of nitrogens with one attached hydrogen (secondary N) is 1. The van der Waals surface area contributed by atoms with Gasteiger partial charge in [-0.15, -0.1) is 11.8 Å². The lowest BCUT2D eigenvalue weighted by molar-refractivity contribution is -0.140. The maximum Gasteiger partial charge on any atom is 0.264 e. The van der Waals surface area contributed by atoms with E-state index in [-0.39, 0.29) is 29.8 Å². The molecule has 0 heterocycles. The van der Waals surface area contributed by atoms with Gasteiger partial charge in [0.25, 0.3) is 10.0 Å². The number of aryl methyl sites for hydroxylation is 1. The zero-order valence-corrected chi connectivity index (χ0v) is 28.2. The van der Waals surface area contributed by atoms with Crippen molar-refractivity contribution in [2.24, 2.45) is 0 Å². The van der Waals surface area contributed by atoms with E-state index in [1.165, 1.54) is 16.7 Å². The van der Waals surface area contributed by atoms with Gasteiger partial charge in [-0.2, -0.15) is 0 Å². The molecule has 45 heavy (non-hydrogen) atoms. The van der Waals surface area contributed by atoms with E-state index in [2.05, 4.69) is 5.32 Å². The molecule has 7 nitrogen and oxygen atoms in total. The lowest BCUT2D eigenvalue weighted by atomic mass is 10.0. The van der Waals surface area contributed by atoms with E-state index >= 15 is 0 Å². The average molecular weight is 664 g/mol. The molecular formula is C35H38ClN3O4S2. The second-order valence-electron chi connectivity index (χ2n) is 11.0. The van der Waals surface area contributed by atoms with Crippen molar-refractivity contribution < 1.29 is 18.0 Å². The Hall–Kier alpha value is -3.79. The Balaban J connectivity index is 1.81. The van der Waals surface area contributed by atoms with Crippen LogP contribution < -0.4 is 9.62 Å². The van der Waals surface area contributed by atoms with Gasteiger partial charge in [0.05, 0.1) is 10.6 Å². The van der Waals surface area contributed by atoms with Crippen molar-refractivity contribution in [1.82, 2.24) is 10.2 Å². The highest BCUT2D eigenvalue weighted by Gasteiger charge is 2.35. The minimum absolute atomic E-state index is 0.00568. The van der Waals surface area contributed by atoms with Crippen molar-refractivity contribution in [3.8, 4) is 0 Å². The number of benzene rings is 4. The van der Waals surface area contributed by atoms with Crippen molar-refractivity contribution in [2.45, 2.75) is 55.6 Å². The number of amides is 2. The van der Waals surface area contributed by atoms with Gasteiger partial charge in [-0.1, -0.05) is 77.8 Å². The van der Waals surface area contributed by atoms with Crippen LogP contribution in [0, 0.1) is 6.92 Å². The highest BCUT2D eigenvalue weighted by atomic mass is 35.5. The fourth-order valence-corrected chi connectivity index (χ4v) is 6.88. The number of halogens is 1. The molecule has 0 aromatic heterocycles. The molecular weight excluding hydrogens is 626 g/mol. The molecule has 0 fully saturated rings. The van der Waals surface area contributed by atoms with Gasteiger partial charge in [0.2, 0.25) is 11.8 Å². The minimum Gasteiger partial charge on any atom is -0.352 e. The van der Waals surface area contributed by atoms with Gasteiger partial charge in [0, 0.05) is 28.9 Å². The number of anilines is 1. The van der Waals surface area contributed by atoms with Gasteiger partial charge in [0.1, 0.15) is 12.6 Å². The molecule has 0 saturated heterocycles. The monoisotopic (exact) mass is 663 g/mol. The van der Waals surface area contributed by atoms with Gasteiger partial charge in [-0.3, -0.25) is 13.9 Å². The topological polar surface area (TPSA) is 86.8 Å². The first kappa shape index (κ1) is 34.1. The summed E-state index contributed by atoms with van der Waals surface area (Å²) >= 11 is 8.05. The summed E-state index contributed by atoms with van der Waals surface area (Å²) in [7, 11) is -4.18. The third-order valence-corrected chi connectivity index (χ3v) is 10.1. The number of thioether (sulfide) groups is 1. The van der Waals surface area contributed by atoms with E-state index in [4.69, 9.17) is 11.6 Å². The van der Waals surface area contributed by atoms with Crippen molar-refractivity contribution in [1.29, 1.82) is 0 Å². The summed E-state index contributed by atoms with van der Waals surface area (Å²) in [6.45, 7) is 5.09. The summed E-state index contributed by atoms with van der Waals surface area (Å²) in [6.07, 6.45) is 2.14. The molecule has 0 spiro atoms. The van der Waals surface area contributed by atoms with Crippen LogP contribution >= 0.6 is 23.4 Å². The van der Waals surface area contributed by atoms with Crippen LogP contribution in [0.15, 0.2) is 113 Å². The normalized spacial score (nSPS) is 12.0. The molecule has 0 aliphatic rings. The summed E-state index contributed by atoms with van der Waals surface area (Å²) in [5.41, 5.74) is 2.78. The standard InChI is InChI=1S/C35H38ClN3O4S2/c1-25(2)37-35(41)33(22-27-10-6-5-7-11-27)38(23-28-12-8-9-13-32(28)36)34(40)24-39(29-16-14-26(3)15-17-29)45(42,43)31-20-18-30(44-4)19-21-31/h5-21,25,33H,22-24H2,1-4H3,(H,37,41). The molecule has 4 rings (SSSR count). The SMILES string of the molecule is CSc1ccc(S(=O)(=O)N(CC(=O)N(Cc2ccccc2Cl)C(Cc2ccccc2)C(=O)NC(C)C)c2ccc(C)cc2)cc1. The molecule has 0 saturated carbocycles. The fourth-order valence-electron chi connectivity index (χ4n) is 4.86. The van der Waals surface area contributed by atoms with Crippen LogP contribution in [0.3, 0.4) is 0 Å². The van der Waals surface area contributed by atoms with Crippen LogP contribution in [-0.2, 0) is 32.6 Å². The highest BCUT2D eigenvalue weighted by Crippen LogP contribution is 2.27. The Morgan fingerprint density at radius 2 is 1.49 bits per heavy atom. The lowest BCUT2D eigenvalue weighted by Crippen LogP contribution is -2.54. The molecule has 1 unspecified atom stereocenters. The third kappa shape index (κ3) is 8.90. The summed E-state index contributed by atoms with van der Waals surface area (Å²) in [5, 5.41) is 3.40. The van der Waals surface area contributed by atoms with E-state index in [1.807, 2.05) is 63.4 Å². The van der Waals surface area contributed by atoms with Crippen LogP contribution in [0.4, 0.5) is 5.69 Å². The molecule has 0 aliphatic carbocycles. The van der Waals surface area contributed by atoms with Crippen LogP contribution in [0.25, 0.3) is 0 Å². The second kappa shape index (κ2) is 15.5. The predicted octanol–water partition coefficient (Wildman–Crippen LogP) is 6.73. The Morgan fingerprint density at radius 3 is 2.09 bits per heavy atom. The van der Waals surface area contributed by atoms with Crippen molar-refractivity contribution in [3.63, 3.8) is 0 Å². The van der Waals surface area contributed by atoms with Crippen LogP contribution in [0.5, 0.6) is 0 Å². The Morgan fingerprint density at radius 1 is 0.867 bits per heavy atom. The summed E-state index contributed by atoms with van der Waals surface area (Å²) in [6, 6.07) is 29.0. The predicted molar refractivity (Wildman–Crippen MR) is 183 cm³/mol. The number of nitrogens with zero attached hydrogens (tertiary/aromatic N) is 2. The quantitative estimate of drug-likeness (QED) is 0.160. The molecule has 1 N–H and O–H groups in total. The second-order valence-corrected chi connectivity index (χ2v) is 14.2. The van der Waals surface area contributed by atoms with E-state index in [9.17, 15) is 18.0 Å². The number of hydrogen-bond acceptors (Lipinski definition) is 5. The molecule has 236 valence electrons. The Kier molecular flexibility index (Phi) is 11.7. The molecule has 2 amide bonds. The molecule has 10 heteroatoms. The van der Waals surface area contributed by atoms with Crippen molar-refractivity contribution in [2.75, 3.05) is 17.1 Å². The maximum absolute atomic E-state index is 14.5. The summed E-state index contributed by atoms with van der Waals surface area (Å²) < 4.78 is 29.5. The van der Waals surface area contributed by atoms with Gasteiger partial charge >= 0.3 is 0 Å². The number of rotatable bonds is 13. The first-order valence-electron chi connectivity index (χ1n) is 14.6. The van der Waals surface area contributed by atoms with Gasteiger partial charge in [0.15, 0.2) is 0 Å². The summed E-state index contributed by atoms with van der Waals surface area (Å²) in [4.78, 5) is 30.7. The molecule has 1 atom stereocenters. The van der Waals surface area contributed by atoms with Crippen LogP contribution in [0.2, 0.25) is 5.02 Å². The number of sulfonamides is 1. The summed E-state index contributed by atoms with van der Waals surface area (Å²) in [5.74, 6) is -0.883. The van der Waals surface area contributed by atoms with Gasteiger partial charge in [-0.25, -0.2) is 8.42 Å². The molecule has 4 aromatic rings.